The number of aromatic amines is 1. The van der Waals surface area contributed by atoms with E-state index in [0.717, 1.165) is 16.7 Å². The van der Waals surface area contributed by atoms with Gasteiger partial charge in [-0.25, -0.2) is 4.79 Å². The van der Waals surface area contributed by atoms with E-state index < -0.39 is 58.0 Å². The number of benzene rings is 3. The van der Waals surface area contributed by atoms with Crippen LogP contribution < -0.4 is 16.0 Å². The molecule has 1 aromatic heterocycles. The van der Waals surface area contributed by atoms with E-state index in [1.807, 2.05) is 98.0 Å². The van der Waals surface area contributed by atoms with Gasteiger partial charge in [0.15, 0.2) is 20.6 Å². The van der Waals surface area contributed by atoms with Gasteiger partial charge in [0.2, 0.25) is 0 Å². The van der Waals surface area contributed by atoms with Crippen LogP contribution in [0.25, 0.3) is 0 Å². The average molecular weight is 694 g/mol. The largest absolute Gasteiger partial charge is 0.695 e. The first-order valence-electron chi connectivity index (χ1n) is 15.6. The minimum atomic E-state index is -3.12. The summed E-state index contributed by atoms with van der Waals surface area (Å²) in [6.07, 6.45) is -2.90. The van der Waals surface area contributed by atoms with Crippen LogP contribution in [0.4, 0.5) is 0 Å². The molecule has 5 rings (SSSR count). The number of hydrogen-bond acceptors (Lipinski definition) is 8. The molecule has 5 atom stereocenters. The quantitative estimate of drug-likeness (QED) is 0.106. The Labute approximate surface area is 281 Å². The summed E-state index contributed by atoms with van der Waals surface area (Å²) >= 11 is 0. The Morgan fingerprint density at radius 2 is 1.44 bits per heavy atom. The molecule has 1 aliphatic rings. The molecule has 48 heavy (non-hydrogen) atoms. The zero-order valence-electron chi connectivity index (χ0n) is 27.9. The van der Waals surface area contributed by atoms with Crippen LogP contribution in [-0.4, -0.2) is 54.8 Å². The summed E-state index contributed by atoms with van der Waals surface area (Å²) in [5.74, 6) is 0.674. The second-order valence-electron chi connectivity index (χ2n) is 13.2. The van der Waals surface area contributed by atoms with E-state index in [4.69, 9.17) is 23.2 Å². The number of nitrogens with zero attached hydrogens (tertiary/aromatic N) is 1. The highest BCUT2D eigenvalue weighted by Crippen LogP contribution is 2.46. The minimum Gasteiger partial charge on any atom is -0.497 e. The molecule has 11 nitrogen and oxygen atoms in total. The lowest BCUT2D eigenvalue weighted by Gasteiger charge is -2.40. The maximum absolute atomic E-state index is 13.1. The van der Waals surface area contributed by atoms with E-state index in [1.165, 1.54) is 16.8 Å². The van der Waals surface area contributed by atoms with Crippen LogP contribution >= 0.6 is 8.25 Å². The fourth-order valence-corrected chi connectivity index (χ4v) is 7.44. The molecule has 0 amide bonds. The van der Waals surface area contributed by atoms with Crippen LogP contribution in [0.2, 0.25) is 18.1 Å². The zero-order chi connectivity index (χ0) is 34.7. The second-order valence-corrected chi connectivity index (χ2v) is 18.6. The maximum atomic E-state index is 13.1. The van der Waals surface area contributed by atoms with Gasteiger partial charge in [0.05, 0.1) is 13.7 Å². The lowest BCUT2D eigenvalue weighted by atomic mass is 9.80. The Hall–Kier alpha value is -3.74. The fraction of sp³-hybridized carbons (Fsp3) is 0.371. The summed E-state index contributed by atoms with van der Waals surface area (Å²) in [5, 5.41) is -0.266. The van der Waals surface area contributed by atoms with Crippen LogP contribution in [0.1, 0.15) is 43.7 Å². The van der Waals surface area contributed by atoms with Crippen LogP contribution in [0, 0.1) is 0 Å². The zero-order valence-corrected chi connectivity index (χ0v) is 29.8. The molecule has 4 aromatic rings. The predicted molar refractivity (Wildman–Crippen MR) is 184 cm³/mol. The van der Waals surface area contributed by atoms with E-state index in [1.54, 1.807) is 7.11 Å². The third kappa shape index (κ3) is 7.30. The van der Waals surface area contributed by atoms with Gasteiger partial charge < -0.3 is 18.6 Å². The summed E-state index contributed by atoms with van der Waals surface area (Å²) < 4.78 is 45.0. The molecule has 254 valence electrons. The predicted octanol–water partition coefficient (Wildman–Crippen LogP) is 5.88. The van der Waals surface area contributed by atoms with Crippen LogP contribution in [-0.2, 0) is 28.6 Å². The monoisotopic (exact) mass is 693 g/mol. The maximum Gasteiger partial charge on any atom is 0.695 e. The van der Waals surface area contributed by atoms with Gasteiger partial charge in [0.25, 0.3) is 5.56 Å². The molecule has 0 radical (unpaired) electrons. The molecule has 0 bridgehead atoms. The Morgan fingerprint density at radius 3 is 1.94 bits per heavy atom. The van der Waals surface area contributed by atoms with E-state index in [9.17, 15) is 19.0 Å². The van der Waals surface area contributed by atoms with Crippen LogP contribution in [0.15, 0.2) is 107 Å². The van der Waals surface area contributed by atoms with E-state index >= 15 is 0 Å². The highest BCUT2D eigenvalue weighted by molar-refractivity contribution is 7.32. The topological polar surface area (TPSA) is 138 Å². The molecule has 3 aromatic carbocycles. The SMILES string of the molecule is COc1ccc(C(OC[C@H]2O[C@@H](n3ccc(=O)[nH]c3=O)[C@H](O[Si](C)(C)C(C)(C)C)[C@@H]2O[P+](=O)O)(c2ccccc2)c2ccccc2)cc1. The van der Waals surface area contributed by atoms with E-state index in [-0.39, 0.29) is 11.6 Å². The van der Waals surface area contributed by atoms with E-state index in [0.29, 0.717) is 5.75 Å². The first-order chi connectivity index (χ1) is 22.8. The summed E-state index contributed by atoms with van der Waals surface area (Å²) in [4.78, 5) is 37.4. The van der Waals surface area contributed by atoms with Crippen molar-refractivity contribution in [3.05, 3.63) is 135 Å². The third-order valence-corrected chi connectivity index (χ3v) is 14.1. The van der Waals surface area contributed by atoms with Crippen molar-refractivity contribution in [1.29, 1.82) is 0 Å². The van der Waals surface area contributed by atoms with Crippen molar-refractivity contribution >= 4 is 16.6 Å². The molecule has 0 aliphatic carbocycles. The summed E-state index contributed by atoms with van der Waals surface area (Å²) in [5.41, 5.74) is -0.0114. The molecule has 2 N–H and O–H groups in total. The van der Waals surface area contributed by atoms with Crippen LogP contribution in [0.3, 0.4) is 0 Å². The summed E-state index contributed by atoms with van der Waals surface area (Å²) in [7, 11) is -4.12. The molecule has 1 aliphatic heterocycles. The number of methoxy groups -OCH3 is 1. The lowest BCUT2D eigenvalue weighted by Crippen LogP contribution is -2.50. The van der Waals surface area contributed by atoms with Crippen molar-refractivity contribution in [2.45, 2.75) is 69.0 Å². The number of ether oxygens (including phenoxy) is 3. The number of hydrogen-bond donors (Lipinski definition) is 2. The second kappa shape index (κ2) is 14.4. The Bertz CT molecular complexity index is 1770. The molecule has 13 heteroatoms. The summed E-state index contributed by atoms with van der Waals surface area (Å²) in [6, 6.07) is 28.2. The van der Waals surface area contributed by atoms with E-state index in [2.05, 4.69) is 25.8 Å². The number of H-pyrrole nitrogens is 1. The smallest absolute Gasteiger partial charge is 0.497 e. The van der Waals surface area contributed by atoms with Crippen molar-refractivity contribution in [2.75, 3.05) is 13.7 Å². The molecular formula is C35H42N2O9PSi+. The molecule has 2 heterocycles. The van der Waals surface area contributed by atoms with Gasteiger partial charge in [-0.05, 0) is 47.0 Å². The highest BCUT2D eigenvalue weighted by atomic mass is 31.1. The first kappa shape index (κ1) is 35.6. The minimum absolute atomic E-state index is 0.143. The first-order valence-corrected chi connectivity index (χ1v) is 19.7. The molecule has 0 saturated carbocycles. The molecule has 1 unspecified atom stereocenters. The number of aromatic nitrogens is 2. The summed E-state index contributed by atoms with van der Waals surface area (Å²) in [6.45, 7) is 10.1. The highest BCUT2D eigenvalue weighted by Gasteiger charge is 2.55. The molecular weight excluding hydrogens is 651 g/mol. The van der Waals surface area contributed by atoms with Gasteiger partial charge in [-0.1, -0.05) is 93.6 Å². The van der Waals surface area contributed by atoms with Gasteiger partial charge >= 0.3 is 13.9 Å². The third-order valence-electron chi connectivity index (χ3n) is 9.18. The normalized spacial score (nSPS) is 20.4. The number of nitrogens with one attached hydrogen (secondary N) is 1. The van der Waals surface area contributed by atoms with Crippen molar-refractivity contribution in [1.82, 2.24) is 9.55 Å². The van der Waals surface area contributed by atoms with Crippen molar-refractivity contribution < 1.29 is 32.6 Å². The van der Waals surface area contributed by atoms with Gasteiger partial charge in [0, 0.05) is 16.8 Å². The van der Waals surface area contributed by atoms with Gasteiger partial charge in [0.1, 0.15) is 23.6 Å². The van der Waals surface area contributed by atoms with Crippen molar-refractivity contribution in [3.8, 4) is 5.75 Å². The number of rotatable bonds is 12. The molecule has 1 fully saturated rings. The molecule has 0 spiro atoms. The standard InChI is InChI=1S/C35H41N2O9PSi/c1-34(2,3)48(5,6)46-31-30(45-47(40)41)28(44-32(31)37-22-21-29(38)36-33(37)39)23-43-35(24-13-9-7-10-14-24,25-15-11-8-12-16-25)26-17-19-27(42-4)20-18-26/h7-22,28,30-32H,23H2,1-6H3,(H-,36,38,39,40,41)/p+1/t28-,30-,31-,32-/m1/s1. The van der Waals surface area contributed by atoms with Gasteiger partial charge in [-0.3, -0.25) is 14.3 Å². The Kier molecular flexibility index (Phi) is 10.7. The van der Waals surface area contributed by atoms with Crippen molar-refractivity contribution in [3.63, 3.8) is 0 Å². The molecule has 1 saturated heterocycles. The van der Waals surface area contributed by atoms with Gasteiger partial charge in [-0.2, -0.15) is 0 Å². The Morgan fingerprint density at radius 1 is 0.875 bits per heavy atom. The fourth-order valence-electron chi connectivity index (χ4n) is 5.70. The average Bonchev–Trinajstić information content (AvgIpc) is 3.37. The Balaban J connectivity index is 1.64. The van der Waals surface area contributed by atoms with Gasteiger partial charge in [-0.15, -0.1) is 9.42 Å². The lowest BCUT2D eigenvalue weighted by molar-refractivity contribution is -0.0937. The van der Waals surface area contributed by atoms with Crippen LogP contribution in [0.5, 0.6) is 5.75 Å². The van der Waals surface area contributed by atoms with Crippen molar-refractivity contribution in [2.24, 2.45) is 0 Å².